The van der Waals surface area contributed by atoms with Crippen molar-refractivity contribution < 1.29 is 4.79 Å². The number of anilines is 4. The molecule has 2 N–H and O–H groups in total. The van der Waals surface area contributed by atoms with E-state index in [1.165, 1.54) is 18.5 Å². The highest BCUT2D eigenvalue weighted by atomic mass is 16.1. The van der Waals surface area contributed by atoms with Gasteiger partial charge in [0.25, 0.3) is 5.91 Å². The van der Waals surface area contributed by atoms with Crippen molar-refractivity contribution in [2.45, 2.75) is 19.8 Å². The number of carbonyl (C=O) groups is 1. The number of rotatable bonds is 5. The van der Waals surface area contributed by atoms with Crippen molar-refractivity contribution >= 4 is 28.8 Å². The van der Waals surface area contributed by atoms with E-state index in [0.717, 1.165) is 13.1 Å². The smallest absolute Gasteiger partial charge is 0.274 e. The van der Waals surface area contributed by atoms with Crippen LogP contribution in [0.5, 0.6) is 0 Å². The van der Waals surface area contributed by atoms with Gasteiger partial charge in [-0.1, -0.05) is 12.1 Å². The number of nitrogens with one attached hydrogen (secondary N) is 2. The second-order valence-corrected chi connectivity index (χ2v) is 7.16. The van der Waals surface area contributed by atoms with E-state index in [1.807, 2.05) is 30.3 Å². The molecule has 1 aliphatic rings. The first kappa shape index (κ1) is 19.4. The Morgan fingerprint density at radius 3 is 2.53 bits per heavy atom. The Bertz CT molecular complexity index is 1100. The normalized spacial score (nSPS) is 13.0. The molecule has 0 aliphatic carbocycles. The van der Waals surface area contributed by atoms with Gasteiger partial charge in [0.2, 0.25) is 0 Å². The van der Waals surface area contributed by atoms with Gasteiger partial charge >= 0.3 is 0 Å². The minimum atomic E-state index is -0.314. The van der Waals surface area contributed by atoms with Crippen molar-refractivity contribution in [3.63, 3.8) is 0 Å². The largest absolute Gasteiger partial charge is 0.372 e. The number of nitrogens with zero attached hydrogens (tertiary/aromatic N) is 4. The van der Waals surface area contributed by atoms with Gasteiger partial charge in [-0.15, -0.1) is 0 Å². The molecule has 0 bridgehead atoms. The first-order valence-corrected chi connectivity index (χ1v) is 9.90. The number of nitriles is 1. The Hall–Kier alpha value is -3.92. The fraction of sp³-hybridized carbons (Fsp3) is 0.217. The van der Waals surface area contributed by atoms with Gasteiger partial charge in [-0.05, 0) is 56.2 Å². The molecular weight excluding hydrogens is 376 g/mol. The molecule has 7 nitrogen and oxygen atoms in total. The summed E-state index contributed by atoms with van der Waals surface area (Å²) >= 11 is 0. The Morgan fingerprint density at radius 2 is 1.80 bits per heavy atom. The monoisotopic (exact) mass is 398 g/mol. The molecule has 1 saturated heterocycles. The minimum Gasteiger partial charge on any atom is -0.372 e. The third-order valence-electron chi connectivity index (χ3n) is 4.98. The number of carbonyl (C=O) groups excluding carboxylic acids is 1. The Kier molecular flexibility index (Phi) is 5.57. The predicted molar refractivity (Wildman–Crippen MR) is 117 cm³/mol. The Balaban J connectivity index is 1.49. The standard InChI is InChI=1S/C23H22N6O/c1-16-25-21(14-22(26-16)28-20-7-3-2-6-17(20)15-24)23(30)27-18-8-10-19(11-9-18)29-12-4-5-13-29/h2-3,6-11,14H,4-5,12-13H2,1H3,(H,27,30)(H,25,26,28). The Morgan fingerprint density at radius 1 is 1.07 bits per heavy atom. The van der Waals surface area contributed by atoms with E-state index in [9.17, 15) is 10.1 Å². The van der Waals surface area contributed by atoms with Crippen LogP contribution in [0.1, 0.15) is 34.7 Å². The van der Waals surface area contributed by atoms with Crippen molar-refractivity contribution in [2.75, 3.05) is 28.6 Å². The summed E-state index contributed by atoms with van der Waals surface area (Å²) in [5.74, 6) is 0.606. The first-order chi connectivity index (χ1) is 14.6. The number of hydrogen-bond acceptors (Lipinski definition) is 6. The molecule has 1 aliphatic heterocycles. The van der Waals surface area contributed by atoms with Crippen molar-refractivity contribution in [2.24, 2.45) is 0 Å². The average Bonchev–Trinajstić information content (AvgIpc) is 3.29. The van der Waals surface area contributed by atoms with Crippen LogP contribution in [0.3, 0.4) is 0 Å². The van der Waals surface area contributed by atoms with Crippen LogP contribution >= 0.6 is 0 Å². The lowest BCUT2D eigenvalue weighted by atomic mass is 10.2. The van der Waals surface area contributed by atoms with E-state index in [0.29, 0.717) is 28.6 Å². The maximum atomic E-state index is 12.7. The summed E-state index contributed by atoms with van der Waals surface area (Å²) in [4.78, 5) is 23.7. The van der Waals surface area contributed by atoms with Crippen LogP contribution in [0, 0.1) is 18.3 Å². The second kappa shape index (κ2) is 8.62. The van der Waals surface area contributed by atoms with Crippen molar-refractivity contribution in [3.05, 3.63) is 71.7 Å². The molecule has 0 spiro atoms. The SMILES string of the molecule is Cc1nc(Nc2ccccc2C#N)cc(C(=O)Nc2ccc(N3CCCC3)cc2)n1. The topological polar surface area (TPSA) is 93.9 Å². The molecule has 7 heteroatoms. The molecule has 0 unspecified atom stereocenters. The summed E-state index contributed by atoms with van der Waals surface area (Å²) < 4.78 is 0. The van der Waals surface area contributed by atoms with Crippen LogP contribution in [0.2, 0.25) is 0 Å². The molecule has 2 aromatic carbocycles. The molecule has 0 saturated carbocycles. The maximum Gasteiger partial charge on any atom is 0.274 e. The molecule has 2 heterocycles. The van der Waals surface area contributed by atoms with Crippen molar-refractivity contribution in [1.82, 2.24) is 9.97 Å². The van der Waals surface area contributed by atoms with Crippen LogP contribution < -0.4 is 15.5 Å². The molecule has 0 radical (unpaired) electrons. The van der Waals surface area contributed by atoms with Crippen LogP contribution in [-0.4, -0.2) is 29.0 Å². The lowest BCUT2D eigenvalue weighted by Gasteiger charge is -2.17. The zero-order valence-corrected chi connectivity index (χ0v) is 16.7. The number of hydrogen-bond donors (Lipinski definition) is 2. The molecule has 1 amide bonds. The summed E-state index contributed by atoms with van der Waals surface area (Å²) in [6, 6.07) is 18.7. The molecule has 0 atom stereocenters. The number of aryl methyl sites for hydroxylation is 1. The van der Waals surface area contributed by atoms with Crippen LogP contribution in [0.25, 0.3) is 0 Å². The van der Waals surface area contributed by atoms with Crippen molar-refractivity contribution in [3.8, 4) is 6.07 Å². The minimum absolute atomic E-state index is 0.253. The summed E-state index contributed by atoms with van der Waals surface area (Å²) in [5, 5.41) is 15.2. The van der Waals surface area contributed by atoms with Gasteiger partial charge in [0.05, 0.1) is 11.3 Å². The third-order valence-corrected chi connectivity index (χ3v) is 4.98. The fourth-order valence-electron chi connectivity index (χ4n) is 3.50. The molecular formula is C23H22N6O. The number of aromatic nitrogens is 2. The van der Waals surface area contributed by atoms with Gasteiger partial charge in [-0.2, -0.15) is 5.26 Å². The Labute approximate surface area is 175 Å². The third kappa shape index (κ3) is 4.39. The average molecular weight is 398 g/mol. The van der Waals surface area contributed by atoms with Gasteiger partial charge < -0.3 is 15.5 Å². The highest BCUT2D eigenvalue weighted by Crippen LogP contribution is 2.23. The highest BCUT2D eigenvalue weighted by molar-refractivity contribution is 6.03. The summed E-state index contributed by atoms with van der Waals surface area (Å²) in [5.41, 5.74) is 3.26. The number of para-hydroxylation sites is 1. The summed E-state index contributed by atoms with van der Waals surface area (Å²) in [6.45, 7) is 3.89. The van der Waals surface area contributed by atoms with Gasteiger partial charge in [0, 0.05) is 30.5 Å². The fourth-order valence-corrected chi connectivity index (χ4v) is 3.50. The van der Waals surface area contributed by atoms with Gasteiger partial charge in [-0.25, -0.2) is 9.97 Å². The second-order valence-electron chi connectivity index (χ2n) is 7.16. The zero-order valence-electron chi connectivity index (χ0n) is 16.7. The molecule has 30 heavy (non-hydrogen) atoms. The first-order valence-electron chi connectivity index (χ1n) is 9.90. The highest BCUT2D eigenvalue weighted by Gasteiger charge is 2.14. The van der Waals surface area contributed by atoms with E-state index in [4.69, 9.17) is 0 Å². The van der Waals surface area contributed by atoms with Gasteiger partial charge in [0.15, 0.2) is 0 Å². The molecule has 3 aromatic rings. The molecule has 1 fully saturated rings. The van der Waals surface area contributed by atoms with Gasteiger partial charge in [0.1, 0.15) is 23.4 Å². The maximum absolute atomic E-state index is 12.7. The van der Waals surface area contributed by atoms with E-state index < -0.39 is 0 Å². The predicted octanol–water partition coefficient (Wildman–Crippen LogP) is 4.25. The van der Waals surface area contributed by atoms with Crippen LogP contribution in [-0.2, 0) is 0 Å². The summed E-state index contributed by atoms with van der Waals surface area (Å²) in [6.07, 6.45) is 2.45. The molecule has 4 rings (SSSR count). The lowest BCUT2D eigenvalue weighted by Crippen LogP contribution is -2.18. The van der Waals surface area contributed by atoms with Crippen LogP contribution in [0.4, 0.5) is 22.9 Å². The van der Waals surface area contributed by atoms with Crippen LogP contribution in [0.15, 0.2) is 54.6 Å². The number of amides is 1. The summed E-state index contributed by atoms with van der Waals surface area (Å²) in [7, 11) is 0. The zero-order chi connectivity index (χ0) is 20.9. The van der Waals surface area contributed by atoms with Gasteiger partial charge in [-0.3, -0.25) is 4.79 Å². The lowest BCUT2D eigenvalue weighted by molar-refractivity contribution is 0.102. The van der Waals surface area contributed by atoms with Crippen molar-refractivity contribution in [1.29, 1.82) is 5.26 Å². The molecule has 150 valence electrons. The number of benzene rings is 2. The van der Waals surface area contributed by atoms with E-state index in [2.05, 4.69) is 31.6 Å². The molecule has 1 aromatic heterocycles. The van der Waals surface area contributed by atoms with E-state index in [1.54, 1.807) is 31.2 Å². The van der Waals surface area contributed by atoms with E-state index in [-0.39, 0.29) is 11.6 Å². The van der Waals surface area contributed by atoms with E-state index >= 15 is 0 Å². The quantitative estimate of drug-likeness (QED) is 0.667.